The second-order valence-corrected chi connectivity index (χ2v) is 7.23. The zero-order valence-electron chi connectivity index (χ0n) is 10.1. The lowest BCUT2D eigenvalue weighted by atomic mass is 10.0. The number of sulfonamides is 1. The molecule has 1 saturated carbocycles. The summed E-state index contributed by atoms with van der Waals surface area (Å²) in [4.78, 5) is 0. The summed E-state index contributed by atoms with van der Waals surface area (Å²) in [7, 11) is 0.0927. The highest BCUT2D eigenvalue weighted by Crippen LogP contribution is 2.47. The molecular formula is C10H22N2O2S. The molecule has 0 spiro atoms. The third-order valence-corrected chi connectivity index (χ3v) is 5.28. The lowest BCUT2D eigenvalue weighted by Crippen LogP contribution is -2.38. The van der Waals surface area contributed by atoms with Gasteiger partial charge in [0, 0.05) is 26.7 Å². The molecule has 1 unspecified atom stereocenters. The molecule has 90 valence electrons. The minimum Gasteiger partial charge on any atom is -0.313 e. The fourth-order valence-corrected chi connectivity index (χ4v) is 2.20. The van der Waals surface area contributed by atoms with Gasteiger partial charge in [-0.2, -0.15) is 0 Å². The van der Waals surface area contributed by atoms with E-state index >= 15 is 0 Å². The molecule has 1 fully saturated rings. The SMILES string of the molecule is CC(NCCS(=O)(=O)N(C)C)C1(C)CC1. The Morgan fingerprint density at radius 3 is 2.33 bits per heavy atom. The summed E-state index contributed by atoms with van der Waals surface area (Å²) in [6, 6.07) is 0.412. The lowest BCUT2D eigenvalue weighted by molar-refractivity contribution is 0.388. The largest absolute Gasteiger partial charge is 0.313 e. The maximum atomic E-state index is 11.5. The van der Waals surface area contributed by atoms with Gasteiger partial charge in [0.05, 0.1) is 5.75 Å². The number of nitrogens with zero attached hydrogens (tertiary/aromatic N) is 1. The minimum absolute atomic E-state index is 0.181. The predicted octanol–water partition coefficient (Wildman–Crippen LogP) is 0.656. The van der Waals surface area contributed by atoms with Crippen molar-refractivity contribution in [3.05, 3.63) is 0 Å². The minimum atomic E-state index is -3.05. The molecule has 0 amide bonds. The van der Waals surface area contributed by atoms with Crippen LogP contribution in [0.5, 0.6) is 0 Å². The summed E-state index contributed by atoms with van der Waals surface area (Å²) in [6.45, 7) is 4.91. The van der Waals surface area contributed by atoms with Gasteiger partial charge in [-0.05, 0) is 25.2 Å². The van der Waals surface area contributed by atoms with Crippen molar-refractivity contribution in [2.45, 2.75) is 32.7 Å². The van der Waals surface area contributed by atoms with Crippen LogP contribution in [0, 0.1) is 5.41 Å². The summed E-state index contributed by atoms with van der Waals surface area (Å²) in [5.41, 5.74) is 0.405. The van der Waals surface area contributed by atoms with Crippen LogP contribution in [0.2, 0.25) is 0 Å². The fourth-order valence-electron chi connectivity index (χ4n) is 1.46. The van der Waals surface area contributed by atoms with Crippen LogP contribution in [-0.2, 0) is 10.0 Å². The molecule has 4 nitrogen and oxygen atoms in total. The third kappa shape index (κ3) is 3.43. The first kappa shape index (κ1) is 12.9. The monoisotopic (exact) mass is 234 g/mol. The first-order chi connectivity index (χ1) is 6.78. The second kappa shape index (κ2) is 4.39. The highest BCUT2D eigenvalue weighted by Gasteiger charge is 2.42. The van der Waals surface area contributed by atoms with Gasteiger partial charge in [-0.25, -0.2) is 12.7 Å². The average Bonchev–Trinajstić information content (AvgIpc) is 2.84. The number of hydrogen-bond donors (Lipinski definition) is 1. The molecule has 0 saturated heterocycles. The maximum Gasteiger partial charge on any atom is 0.214 e. The van der Waals surface area contributed by atoms with E-state index in [-0.39, 0.29) is 5.75 Å². The van der Waals surface area contributed by atoms with Crippen LogP contribution in [0.4, 0.5) is 0 Å². The zero-order valence-corrected chi connectivity index (χ0v) is 10.9. The van der Waals surface area contributed by atoms with E-state index in [1.165, 1.54) is 17.1 Å². The molecule has 1 N–H and O–H groups in total. The van der Waals surface area contributed by atoms with Crippen molar-refractivity contribution in [3.63, 3.8) is 0 Å². The highest BCUT2D eigenvalue weighted by atomic mass is 32.2. The Balaban J connectivity index is 2.27. The molecule has 0 bridgehead atoms. The van der Waals surface area contributed by atoms with E-state index in [2.05, 4.69) is 19.2 Å². The summed E-state index contributed by atoms with van der Waals surface area (Å²) < 4.78 is 24.2. The summed E-state index contributed by atoms with van der Waals surface area (Å²) in [6.07, 6.45) is 2.50. The Morgan fingerprint density at radius 1 is 1.40 bits per heavy atom. The van der Waals surface area contributed by atoms with Crippen LogP contribution in [0.25, 0.3) is 0 Å². The fraction of sp³-hybridized carbons (Fsp3) is 1.00. The van der Waals surface area contributed by atoms with Gasteiger partial charge in [0.25, 0.3) is 0 Å². The molecule has 0 radical (unpaired) electrons. The molecule has 0 heterocycles. The Hall–Kier alpha value is -0.130. The van der Waals surface area contributed by atoms with Gasteiger partial charge in [-0.15, -0.1) is 0 Å². The van der Waals surface area contributed by atoms with E-state index in [9.17, 15) is 8.42 Å². The topological polar surface area (TPSA) is 49.4 Å². The van der Waals surface area contributed by atoms with Crippen LogP contribution in [-0.4, -0.2) is 45.2 Å². The zero-order chi connectivity index (χ0) is 11.7. The van der Waals surface area contributed by atoms with E-state index < -0.39 is 10.0 Å². The lowest BCUT2D eigenvalue weighted by Gasteiger charge is -2.20. The molecule has 0 aliphatic heterocycles. The second-order valence-electron chi connectivity index (χ2n) is 4.93. The maximum absolute atomic E-state index is 11.5. The van der Waals surface area contributed by atoms with Gasteiger partial charge in [-0.1, -0.05) is 6.92 Å². The van der Waals surface area contributed by atoms with Gasteiger partial charge in [0.2, 0.25) is 10.0 Å². The van der Waals surface area contributed by atoms with Crippen LogP contribution in [0.3, 0.4) is 0 Å². The van der Waals surface area contributed by atoms with Crippen LogP contribution < -0.4 is 5.32 Å². The molecule has 15 heavy (non-hydrogen) atoms. The van der Waals surface area contributed by atoms with E-state index in [0.717, 1.165) is 0 Å². The van der Waals surface area contributed by atoms with Crippen molar-refractivity contribution in [1.82, 2.24) is 9.62 Å². The van der Waals surface area contributed by atoms with Gasteiger partial charge >= 0.3 is 0 Å². The Kier molecular flexibility index (Phi) is 3.79. The van der Waals surface area contributed by atoms with Gasteiger partial charge in [0.15, 0.2) is 0 Å². The molecular weight excluding hydrogens is 212 g/mol. The molecule has 0 aromatic carbocycles. The Labute approximate surface area is 93.1 Å². The van der Waals surface area contributed by atoms with Gasteiger partial charge < -0.3 is 5.32 Å². The van der Waals surface area contributed by atoms with E-state index in [1.54, 1.807) is 14.1 Å². The van der Waals surface area contributed by atoms with Crippen molar-refractivity contribution >= 4 is 10.0 Å². The molecule has 1 aliphatic carbocycles. The standard InChI is InChI=1S/C10H22N2O2S/c1-9(10(2)5-6-10)11-7-8-15(13,14)12(3)4/h9,11H,5-8H2,1-4H3. The normalized spacial score (nSPS) is 21.7. The van der Waals surface area contributed by atoms with Gasteiger partial charge in [-0.3, -0.25) is 0 Å². The molecule has 1 aliphatic rings. The number of hydrogen-bond acceptors (Lipinski definition) is 3. The highest BCUT2D eigenvalue weighted by molar-refractivity contribution is 7.89. The first-order valence-corrected chi connectivity index (χ1v) is 7.02. The number of nitrogens with one attached hydrogen (secondary N) is 1. The Morgan fingerprint density at radius 2 is 1.93 bits per heavy atom. The van der Waals surface area contributed by atoms with Crippen molar-refractivity contribution in [3.8, 4) is 0 Å². The molecule has 1 atom stereocenters. The van der Waals surface area contributed by atoms with Crippen molar-refractivity contribution < 1.29 is 8.42 Å². The Bertz CT molecular complexity index is 307. The van der Waals surface area contributed by atoms with Crippen molar-refractivity contribution in [1.29, 1.82) is 0 Å². The molecule has 5 heteroatoms. The summed E-state index contributed by atoms with van der Waals surface area (Å²) >= 11 is 0. The average molecular weight is 234 g/mol. The smallest absolute Gasteiger partial charge is 0.214 e. The summed E-state index contributed by atoms with van der Waals surface area (Å²) in [5, 5.41) is 3.29. The van der Waals surface area contributed by atoms with E-state index in [0.29, 0.717) is 18.0 Å². The van der Waals surface area contributed by atoms with Crippen LogP contribution >= 0.6 is 0 Å². The third-order valence-electron chi connectivity index (χ3n) is 3.45. The van der Waals surface area contributed by atoms with Crippen LogP contribution in [0.1, 0.15) is 26.7 Å². The molecule has 1 rings (SSSR count). The quantitative estimate of drug-likeness (QED) is 0.734. The van der Waals surface area contributed by atoms with Crippen LogP contribution in [0.15, 0.2) is 0 Å². The summed E-state index contributed by atoms with van der Waals surface area (Å²) in [5.74, 6) is 0.181. The predicted molar refractivity (Wildman–Crippen MR) is 62.3 cm³/mol. The molecule has 0 aromatic heterocycles. The first-order valence-electron chi connectivity index (χ1n) is 5.41. The van der Waals surface area contributed by atoms with Crippen molar-refractivity contribution in [2.24, 2.45) is 5.41 Å². The van der Waals surface area contributed by atoms with E-state index in [1.807, 2.05) is 0 Å². The van der Waals surface area contributed by atoms with Crippen molar-refractivity contribution in [2.75, 3.05) is 26.4 Å². The molecule has 0 aromatic rings. The number of rotatable bonds is 6. The van der Waals surface area contributed by atoms with E-state index in [4.69, 9.17) is 0 Å². The van der Waals surface area contributed by atoms with Gasteiger partial charge in [0.1, 0.15) is 0 Å².